The van der Waals surface area contributed by atoms with E-state index in [2.05, 4.69) is 57.0 Å². The van der Waals surface area contributed by atoms with Gasteiger partial charge in [0.15, 0.2) is 11.0 Å². The minimum atomic E-state index is 0.835. The van der Waals surface area contributed by atoms with Gasteiger partial charge in [0.1, 0.15) is 5.03 Å². The highest BCUT2D eigenvalue weighted by Gasteiger charge is 2.16. The van der Waals surface area contributed by atoms with Crippen LogP contribution < -0.4 is 0 Å². The van der Waals surface area contributed by atoms with Crippen molar-refractivity contribution in [3.8, 4) is 11.4 Å². The zero-order chi connectivity index (χ0) is 16.1. The molecule has 0 fully saturated rings. The Morgan fingerprint density at radius 1 is 1.04 bits per heavy atom. The predicted octanol–water partition coefficient (Wildman–Crippen LogP) is 4.37. The van der Waals surface area contributed by atoms with Crippen LogP contribution in [-0.2, 0) is 12.3 Å². The topological polar surface area (TPSA) is 43.6 Å². The third kappa shape index (κ3) is 3.59. The van der Waals surface area contributed by atoms with Crippen molar-refractivity contribution >= 4 is 23.5 Å². The number of hydrogen-bond donors (Lipinski definition) is 0. The molecule has 2 aromatic heterocycles. The molecule has 23 heavy (non-hydrogen) atoms. The van der Waals surface area contributed by atoms with Crippen LogP contribution in [0.2, 0.25) is 0 Å². The third-order valence-corrected chi connectivity index (χ3v) is 5.20. The molecule has 3 rings (SSSR count). The van der Waals surface area contributed by atoms with E-state index in [1.54, 1.807) is 23.5 Å². The molecule has 0 aliphatic carbocycles. The smallest absolute Gasteiger partial charge is 0.191 e. The summed E-state index contributed by atoms with van der Waals surface area (Å²) in [6, 6.07) is 14.4. The SMILES string of the molecule is CCn1c(SCc2ccccc2)nnc1-c1cccnc1SC. The van der Waals surface area contributed by atoms with Crippen molar-refractivity contribution in [1.82, 2.24) is 19.7 Å². The molecule has 0 N–H and O–H groups in total. The van der Waals surface area contributed by atoms with Crippen LogP contribution in [0.15, 0.2) is 58.8 Å². The van der Waals surface area contributed by atoms with Crippen molar-refractivity contribution in [3.63, 3.8) is 0 Å². The summed E-state index contributed by atoms with van der Waals surface area (Å²) in [5.74, 6) is 1.78. The standard InChI is InChI=1S/C17H18N4S2/c1-3-21-15(14-10-7-11-18-16(14)22-2)19-20-17(21)23-12-13-8-5-4-6-9-13/h4-11H,3,12H2,1-2H3. The predicted molar refractivity (Wildman–Crippen MR) is 96.7 cm³/mol. The third-order valence-electron chi connectivity index (χ3n) is 3.45. The summed E-state index contributed by atoms with van der Waals surface area (Å²) in [7, 11) is 0. The molecule has 0 saturated heterocycles. The first-order chi connectivity index (χ1) is 11.3. The van der Waals surface area contributed by atoms with E-state index >= 15 is 0 Å². The summed E-state index contributed by atoms with van der Waals surface area (Å²) in [4.78, 5) is 4.43. The van der Waals surface area contributed by atoms with Crippen LogP contribution in [0.3, 0.4) is 0 Å². The molecule has 118 valence electrons. The Balaban J connectivity index is 1.88. The fourth-order valence-corrected chi connectivity index (χ4v) is 3.83. The lowest BCUT2D eigenvalue weighted by Gasteiger charge is -2.09. The first-order valence-corrected chi connectivity index (χ1v) is 9.63. The Bertz CT molecular complexity index is 771. The molecular formula is C17H18N4S2. The molecule has 0 bridgehead atoms. The van der Waals surface area contributed by atoms with Crippen LogP contribution in [0.4, 0.5) is 0 Å². The summed E-state index contributed by atoms with van der Waals surface area (Å²) in [5.41, 5.74) is 2.33. The maximum atomic E-state index is 4.43. The van der Waals surface area contributed by atoms with Crippen molar-refractivity contribution in [2.75, 3.05) is 6.26 Å². The molecule has 1 aromatic carbocycles. The van der Waals surface area contributed by atoms with E-state index in [1.807, 2.05) is 24.6 Å². The van der Waals surface area contributed by atoms with Gasteiger partial charge in [0, 0.05) is 18.5 Å². The lowest BCUT2D eigenvalue weighted by Crippen LogP contribution is -2.01. The molecule has 6 heteroatoms. The molecule has 0 aliphatic heterocycles. The number of benzene rings is 1. The number of rotatable bonds is 6. The molecule has 0 saturated carbocycles. The van der Waals surface area contributed by atoms with Crippen molar-refractivity contribution in [1.29, 1.82) is 0 Å². The number of aromatic nitrogens is 4. The van der Waals surface area contributed by atoms with Gasteiger partial charge in [-0.2, -0.15) is 0 Å². The van der Waals surface area contributed by atoms with E-state index < -0.39 is 0 Å². The van der Waals surface area contributed by atoms with Gasteiger partial charge < -0.3 is 4.57 Å². The quantitative estimate of drug-likeness (QED) is 0.622. The van der Waals surface area contributed by atoms with E-state index in [0.717, 1.165) is 33.9 Å². The minimum absolute atomic E-state index is 0.835. The second kappa shape index (κ2) is 7.66. The summed E-state index contributed by atoms with van der Waals surface area (Å²) in [5, 5.41) is 10.7. The van der Waals surface area contributed by atoms with Crippen molar-refractivity contribution in [3.05, 3.63) is 54.2 Å². The molecule has 0 spiro atoms. The summed E-state index contributed by atoms with van der Waals surface area (Å²) in [6.45, 7) is 2.96. The second-order valence-electron chi connectivity index (χ2n) is 4.88. The number of thioether (sulfide) groups is 2. The van der Waals surface area contributed by atoms with Gasteiger partial charge in [-0.1, -0.05) is 42.1 Å². The normalized spacial score (nSPS) is 10.9. The monoisotopic (exact) mass is 342 g/mol. The lowest BCUT2D eigenvalue weighted by molar-refractivity contribution is 0.686. The van der Waals surface area contributed by atoms with Crippen LogP contribution in [0.25, 0.3) is 11.4 Å². The Kier molecular flexibility index (Phi) is 5.35. The van der Waals surface area contributed by atoms with E-state index in [1.165, 1.54) is 5.56 Å². The maximum absolute atomic E-state index is 4.43. The largest absolute Gasteiger partial charge is 0.302 e. The van der Waals surface area contributed by atoms with Crippen molar-refractivity contribution in [2.24, 2.45) is 0 Å². The van der Waals surface area contributed by atoms with Crippen LogP contribution in [0.1, 0.15) is 12.5 Å². The Hall–Kier alpha value is -1.79. The Morgan fingerprint density at radius 3 is 2.61 bits per heavy atom. The minimum Gasteiger partial charge on any atom is -0.302 e. The van der Waals surface area contributed by atoms with E-state index in [0.29, 0.717) is 0 Å². The van der Waals surface area contributed by atoms with Crippen LogP contribution >= 0.6 is 23.5 Å². The van der Waals surface area contributed by atoms with Gasteiger partial charge in [-0.25, -0.2) is 4.98 Å². The van der Waals surface area contributed by atoms with Crippen molar-refractivity contribution < 1.29 is 0 Å². The molecule has 0 unspecified atom stereocenters. The highest BCUT2D eigenvalue weighted by atomic mass is 32.2. The maximum Gasteiger partial charge on any atom is 0.191 e. The van der Waals surface area contributed by atoms with Gasteiger partial charge in [0.05, 0.1) is 5.56 Å². The van der Waals surface area contributed by atoms with Crippen LogP contribution in [-0.4, -0.2) is 26.0 Å². The van der Waals surface area contributed by atoms with E-state index in [4.69, 9.17) is 0 Å². The first-order valence-electron chi connectivity index (χ1n) is 7.42. The zero-order valence-corrected chi connectivity index (χ0v) is 14.8. The number of hydrogen-bond acceptors (Lipinski definition) is 5. The van der Waals surface area contributed by atoms with Crippen LogP contribution in [0.5, 0.6) is 0 Å². The lowest BCUT2D eigenvalue weighted by atomic mass is 10.2. The average molecular weight is 342 g/mol. The van der Waals surface area contributed by atoms with E-state index in [9.17, 15) is 0 Å². The molecule has 0 amide bonds. The fraction of sp³-hybridized carbons (Fsp3) is 0.235. The summed E-state index contributed by atoms with van der Waals surface area (Å²) < 4.78 is 2.16. The summed E-state index contributed by atoms with van der Waals surface area (Å²) >= 11 is 3.35. The van der Waals surface area contributed by atoms with Gasteiger partial charge in [0.25, 0.3) is 0 Å². The van der Waals surface area contributed by atoms with Gasteiger partial charge in [-0.3, -0.25) is 0 Å². The highest BCUT2D eigenvalue weighted by Crippen LogP contribution is 2.30. The van der Waals surface area contributed by atoms with Gasteiger partial charge >= 0.3 is 0 Å². The van der Waals surface area contributed by atoms with Crippen LogP contribution in [0, 0.1) is 0 Å². The Labute approximate surface area is 144 Å². The molecule has 2 heterocycles. The average Bonchev–Trinajstić information content (AvgIpc) is 3.03. The molecule has 0 atom stereocenters. The van der Waals surface area contributed by atoms with Gasteiger partial charge in [0.2, 0.25) is 0 Å². The molecule has 0 aliphatic rings. The first kappa shape index (κ1) is 16.1. The Morgan fingerprint density at radius 2 is 1.87 bits per heavy atom. The molecule has 4 nitrogen and oxygen atoms in total. The second-order valence-corrected chi connectivity index (χ2v) is 6.62. The summed E-state index contributed by atoms with van der Waals surface area (Å²) in [6.07, 6.45) is 3.84. The van der Waals surface area contributed by atoms with Gasteiger partial charge in [-0.05, 0) is 30.9 Å². The fourth-order valence-electron chi connectivity index (χ4n) is 2.33. The number of pyridine rings is 1. The van der Waals surface area contributed by atoms with Gasteiger partial charge in [-0.15, -0.1) is 22.0 Å². The molecule has 0 radical (unpaired) electrons. The van der Waals surface area contributed by atoms with E-state index in [-0.39, 0.29) is 0 Å². The highest BCUT2D eigenvalue weighted by molar-refractivity contribution is 7.98. The zero-order valence-electron chi connectivity index (χ0n) is 13.1. The molecule has 3 aromatic rings. The van der Waals surface area contributed by atoms with Crippen molar-refractivity contribution in [2.45, 2.75) is 29.4 Å². The molecular weight excluding hydrogens is 324 g/mol. The number of nitrogens with zero attached hydrogens (tertiary/aromatic N) is 4.